The second kappa shape index (κ2) is 12.7. The van der Waals surface area contributed by atoms with Crippen molar-refractivity contribution in [2.75, 3.05) is 0 Å². The van der Waals surface area contributed by atoms with Crippen LogP contribution in [0.5, 0.6) is 0 Å². The van der Waals surface area contributed by atoms with Crippen molar-refractivity contribution in [1.29, 1.82) is 0 Å². The predicted octanol–water partition coefficient (Wildman–Crippen LogP) is -2.90. The van der Waals surface area contributed by atoms with Crippen LogP contribution < -0.4 is 52.8 Å². The van der Waals surface area contributed by atoms with E-state index in [9.17, 15) is 0 Å². The minimum Gasteiger partial charge on any atom is -1.00 e. The molecule has 36 heavy (non-hydrogen) atoms. The van der Waals surface area contributed by atoms with E-state index in [2.05, 4.69) is 130 Å². The van der Waals surface area contributed by atoms with Gasteiger partial charge in [-0.25, -0.2) is 0 Å². The third-order valence-corrected chi connectivity index (χ3v) is 13.0. The molecular weight excluding hydrogens is 555 g/mol. The van der Waals surface area contributed by atoms with Crippen molar-refractivity contribution >= 4 is 23.6 Å². The summed E-state index contributed by atoms with van der Waals surface area (Å²) < 4.78 is 1.53. The van der Waals surface area contributed by atoms with Gasteiger partial charge in [-0.15, -0.1) is 0 Å². The van der Waals surface area contributed by atoms with Crippen molar-refractivity contribution in [3.8, 4) is 0 Å². The topological polar surface area (TPSA) is 0 Å². The molecule has 4 rings (SSSR count). The molecule has 0 bridgehead atoms. The first-order valence-corrected chi connectivity index (χ1v) is 14.7. The van der Waals surface area contributed by atoms with Crippen LogP contribution in [0.15, 0.2) is 74.8 Å². The van der Waals surface area contributed by atoms with Gasteiger partial charge in [-0.05, 0) is 0 Å². The molecule has 0 nitrogen and oxygen atoms in total. The quantitative estimate of drug-likeness (QED) is 0.227. The maximum absolute atomic E-state index is 2.49. The van der Waals surface area contributed by atoms with Crippen LogP contribution >= 0.6 is 0 Å². The van der Waals surface area contributed by atoms with E-state index in [0.717, 1.165) is 6.42 Å². The van der Waals surface area contributed by atoms with Crippen molar-refractivity contribution in [2.24, 2.45) is 0 Å². The second-order valence-corrected chi connectivity index (χ2v) is 15.0. The van der Waals surface area contributed by atoms with Crippen molar-refractivity contribution in [2.45, 2.75) is 61.8 Å². The third kappa shape index (κ3) is 5.98. The Morgan fingerprint density at radius 3 is 0.972 bits per heavy atom. The molecule has 1 aliphatic rings. The van der Waals surface area contributed by atoms with E-state index in [1.165, 1.54) is 64.0 Å². The Bertz CT molecular complexity index is 1150. The van der Waals surface area contributed by atoms with Gasteiger partial charge in [-0.3, -0.25) is 0 Å². The fourth-order valence-corrected chi connectivity index (χ4v) is 12.7. The number of benzene rings is 3. The molecule has 1 aliphatic carbocycles. The summed E-state index contributed by atoms with van der Waals surface area (Å²) in [6.45, 7) is 18.2. The first kappa shape index (κ1) is 33.0. The summed E-state index contributed by atoms with van der Waals surface area (Å²) in [7, 11) is -2.49. The zero-order valence-corrected chi connectivity index (χ0v) is 27.4. The number of allylic oxidation sites excluding steroid dienone is 4. The van der Waals surface area contributed by atoms with Crippen molar-refractivity contribution in [1.82, 2.24) is 0 Å². The summed E-state index contributed by atoms with van der Waals surface area (Å²) in [4.78, 5) is 0. The van der Waals surface area contributed by atoms with E-state index >= 15 is 0 Å². The van der Waals surface area contributed by atoms with E-state index in [0.29, 0.717) is 0 Å². The number of hydrogen-bond donors (Lipinski definition) is 0. The third-order valence-electron chi connectivity index (χ3n) is 7.24. The molecule has 0 saturated heterocycles. The van der Waals surface area contributed by atoms with Gasteiger partial charge in [0.25, 0.3) is 0 Å². The van der Waals surface area contributed by atoms with Gasteiger partial charge in [0, 0.05) is 0 Å². The molecule has 188 valence electrons. The summed E-state index contributed by atoms with van der Waals surface area (Å²) >= 11 is 2.33. The Labute approximate surface area is 249 Å². The van der Waals surface area contributed by atoms with Gasteiger partial charge >= 0.3 is 214 Å². The van der Waals surface area contributed by atoms with E-state index in [-0.39, 0.29) is 37.2 Å². The van der Waals surface area contributed by atoms with Gasteiger partial charge in [0.1, 0.15) is 0 Å². The molecular formula is C31H35Cl3SiTi. The molecule has 5 heteroatoms. The SMILES string of the molecule is CC1=[C]([Ti+3])CC([Si](c2cc(C)cc(C)c2)(c2cc(C)cc(C)c2)c2cc(C)cc(C)c2)=C1C.[Cl-].[Cl-].[Cl-]. The van der Waals surface area contributed by atoms with Crippen molar-refractivity contribution < 1.29 is 57.7 Å². The Hall–Kier alpha value is -1.06. The summed E-state index contributed by atoms with van der Waals surface area (Å²) in [6.07, 6.45) is 1.08. The maximum Gasteiger partial charge on any atom is -1.00 e. The van der Waals surface area contributed by atoms with Crippen molar-refractivity contribution in [3.63, 3.8) is 0 Å². The maximum atomic E-state index is 2.48. The molecule has 0 radical (unpaired) electrons. The van der Waals surface area contributed by atoms with Crippen molar-refractivity contribution in [3.05, 3.63) is 108 Å². The Balaban J connectivity index is 0.00000216. The summed E-state index contributed by atoms with van der Waals surface area (Å²) in [6, 6.07) is 21.9. The summed E-state index contributed by atoms with van der Waals surface area (Å²) in [5.41, 5.74) is 11.1. The van der Waals surface area contributed by atoms with Gasteiger partial charge < -0.3 is 37.2 Å². The fraction of sp³-hybridized carbons (Fsp3) is 0.290. The van der Waals surface area contributed by atoms with Crippen LogP contribution in [0.3, 0.4) is 0 Å². The Morgan fingerprint density at radius 1 is 0.472 bits per heavy atom. The van der Waals surface area contributed by atoms with Crippen LogP contribution in [0.1, 0.15) is 53.6 Å². The number of aryl methyl sites for hydroxylation is 6. The van der Waals surface area contributed by atoms with Crippen LogP contribution in [-0.4, -0.2) is 8.07 Å². The molecule has 3 aromatic rings. The first-order valence-electron chi connectivity index (χ1n) is 11.9. The molecule has 0 aromatic heterocycles. The van der Waals surface area contributed by atoms with Gasteiger partial charge in [0.05, 0.1) is 0 Å². The molecule has 0 saturated carbocycles. The van der Waals surface area contributed by atoms with E-state index in [1.54, 1.807) is 5.20 Å². The van der Waals surface area contributed by atoms with Crippen LogP contribution in [0.25, 0.3) is 0 Å². The van der Waals surface area contributed by atoms with Gasteiger partial charge in [-0.1, -0.05) is 0 Å². The molecule has 0 aliphatic heterocycles. The zero-order chi connectivity index (χ0) is 24.1. The summed E-state index contributed by atoms with van der Waals surface area (Å²) in [5, 5.41) is 6.23. The zero-order valence-electron chi connectivity index (χ0n) is 22.5. The van der Waals surface area contributed by atoms with E-state index < -0.39 is 8.07 Å². The molecule has 0 spiro atoms. The van der Waals surface area contributed by atoms with E-state index in [1.807, 2.05) is 0 Å². The largest absolute Gasteiger partial charge is 1.00 e. The minimum atomic E-state index is -2.49. The van der Waals surface area contributed by atoms with Crippen LogP contribution in [0, 0.1) is 41.5 Å². The summed E-state index contributed by atoms with van der Waals surface area (Å²) in [5.74, 6) is 0. The monoisotopic (exact) mass is 588 g/mol. The van der Waals surface area contributed by atoms with Crippen LogP contribution in [0.2, 0.25) is 0 Å². The second-order valence-electron chi connectivity index (χ2n) is 10.3. The molecule has 0 amide bonds. The average molecular weight is 590 g/mol. The first-order chi connectivity index (χ1) is 15.5. The smallest absolute Gasteiger partial charge is 1.00 e. The predicted molar refractivity (Wildman–Crippen MR) is 142 cm³/mol. The average Bonchev–Trinajstić information content (AvgIpc) is 2.94. The number of halogens is 3. The molecule has 3 aromatic carbocycles. The standard InChI is InChI=1S/C31H35Si.3ClH.Ti/c1-20-11-21(2)15-28(14-20)32(31-10-9-26(7)27(31)8,29-16-22(3)12-23(4)17-29)30-18-24(5)13-25(6)19-30;;;;/h11-19H,10H2,1-8H3;3*1H;/q;;;;+3/p-3. The minimum absolute atomic E-state index is 0. The molecule has 0 unspecified atom stereocenters. The van der Waals surface area contributed by atoms with Gasteiger partial charge in [-0.2, -0.15) is 0 Å². The van der Waals surface area contributed by atoms with Gasteiger partial charge in [0.15, 0.2) is 0 Å². The number of hydrogen-bond acceptors (Lipinski definition) is 0. The fourth-order valence-electron chi connectivity index (χ4n) is 5.90. The molecule has 0 fully saturated rings. The normalized spacial score (nSPS) is 13.3. The van der Waals surface area contributed by atoms with Gasteiger partial charge in [0.2, 0.25) is 0 Å². The molecule has 0 N–H and O–H groups in total. The molecule has 0 heterocycles. The van der Waals surface area contributed by atoms with E-state index in [4.69, 9.17) is 0 Å². The molecule has 0 atom stereocenters. The Kier molecular flexibility index (Phi) is 11.6. The Morgan fingerprint density at radius 2 is 0.750 bits per heavy atom. The number of rotatable bonds is 4. The van der Waals surface area contributed by atoms with Crippen LogP contribution in [-0.2, 0) is 20.4 Å². The van der Waals surface area contributed by atoms with Crippen LogP contribution in [0.4, 0.5) is 0 Å².